The molecule has 0 saturated heterocycles. The van der Waals surface area contributed by atoms with Gasteiger partial charge < -0.3 is 19.5 Å². The van der Waals surface area contributed by atoms with Gasteiger partial charge in [0.1, 0.15) is 11.5 Å². The van der Waals surface area contributed by atoms with Gasteiger partial charge in [0.2, 0.25) is 0 Å². The maximum absolute atomic E-state index is 14.0. The van der Waals surface area contributed by atoms with Crippen LogP contribution in [-0.4, -0.2) is 38.7 Å². The van der Waals surface area contributed by atoms with Crippen molar-refractivity contribution in [1.29, 1.82) is 0 Å². The Balaban J connectivity index is 1.83. The summed E-state index contributed by atoms with van der Waals surface area (Å²) in [6.45, 7) is 1.87. The molecule has 0 unspecified atom stereocenters. The smallest absolute Gasteiger partial charge is 0.314 e. The summed E-state index contributed by atoms with van der Waals surface area (Å²) in [4.78, 5) is 25.3. The third-order valence-electron chi connectivity index (χ3n) is 5.45. The predicted octanol–water partition coefficient (Wildman–Crippen LogP) is 4.14. The molecule has 1 aliphatic carbocycles. The molecule has 3 atom stereocenters. The summed E-state index contributed by atoms with van der Waals surface area (Å²) >= 11 is 0. The molecule has 33 heavy (non-hydrogen) atoms. The second-order valence-corrected chi connectivity index (χ2v) is 7.42. The van der Waals surface area contributed by atoms with Crippen LogP contribution in [0.3, 0.4) is 0 Å². The van der Waals surface area contributed by atoms with E-state index in [-0.39, 0.29) is 12.5 Å². The van der Waals surface area contributed by atoms with Gasteiger partial charge in [-0.25, -0.2) is 13.2 Å². The Bertz CT molecular complexity index is 1070. The van der Waals surface area contributed by atoms with E-state index in [0.717, 1.165) is 6.07 Å². The van der Waals surface area contributed by atoms with Crippen LogP contribution in [0.4, 0.5) is 13.2 Å². The molecule has 1 aliphatic rings. The number of allylic oxidation sites excluding steroid dienone is 1. The Morgan fingerprint density at radius 3 is 2.48 bits per heavy atom. The van der Waals surface area contributed by atoms with Crippen LogP contribution in [0.1, 0.15) is 35.2 Å². The normalized spacial score (nSPS) is 18.0. The summed E-state index contributed by atoms with van der Waals surface area (Å²) < 4.78 is 56.6. The molecular formula is C24H24F3NO5. The monoisotopic (exact) mass is 463 g/mol. The first-order valence-electron chi connectivity index (χ1n) is 10.3. The van der Waals surface area contributed by atoms with E-state index in [2.05, 4.69) is 5.32 Å². The van der Waals surface area contributed by atoms with E-state index in [1.165, 1.54) is 14.2 Å². The fourth-order valence-electron chi connectivity index (χ4n) is 3.88. The van der Waals surface area contributed by atoms with Crippen molar-refractivity contribution < 1.29 is 37.0 Å². The zero-order chi connectivity index (χ0) is 24.1. The highest BCUT2D eigenvalue weighted by Crippen LogP contribution is 2.40. The lowest BCUT2D eigenvalue weighted by molar-refractivity contribution is -0.146. The van der Waals surface area contributed by atoms with Gasteiger partial charge in [0, 0.05) is 11.6 Å². The molecule has 1 N–H and O–H groups in total. The van der Waals surface area contributed by atoms with Crippen LogP contribution >= 0.6 is 0 Å². The first-order valence-corrected chi connectivity index (χ1v) is 10.3. The SMILES string of the molecule is CCOC(=O)[C@H](c1cc(OC)ccc1OC)[C@H]1C=C[C@@H](NC(=O)c2ccc(F)c(F)c2F)C1. The minimum Gasteiger partial charge on any atom is -0.497 e. The molecule has 0 heterocycles. The van der Waals surface area contributed by atoms with Crippen molar-refractivity contribution in [1.82, 2.24) is 5.32 Å². The number of ether oxygens (including phenoxy) is 3. The topological polar surface area (TPSA) is 73.9 Å². The van der Waals surface area contributed by atoms with Crippen LogP contribution in [0.5, 0.6) is 11.5 Å². The zero-order valence-corrected chi connectivity index (χ0v) is 18.4. The maximum Gasteiger partial charge on any atom is 0.314 e. The fourth-order valence-corrected chi connectivity index (χ4v) is 3.88. The van der Waals surface area contributed by atoms with Gasteiger partial charge in [-0.2, -0.15) is 0 Å². The van der Waals surface area contributed by atoms with Crippen molar-refractivity contribution in [2.75, 3.05) is 20.8 Å². The molecule has 3 rings (SSSR count). The molecule has 0 bridgehead atoms. The minimum atomic E-state index is -1.71. The van der Waals surface area contributed by atoms with E-state index >= 15 is 0 Å². The second kappa shape index (κ2) is 10.4. The lowest BCUT2D eigenvalue weighted by atomic mass is 9.84. The van der Waals surface area contributed by atoms with E-state index in [1.54, 1.807) is 37.3 Å². The molecule has 0 radical (unpaired) electrons. The molecule has 176 valence electrons. The predicted molar refractivity (Wildman–Crippen MR) is 114 cm³/mol. The average Bonchev–Trinajstić information content (AvgIpc) is 3.25. The third kappa shape index (κ3) is 5.13. The van der Waals surface area contributed by atoms with Crippen molar-refractivity contribution >= 4 is 11.9 Å². The Labute approximate surface area is 189 Å². The zero-order valence-electron chi connectivity index (χ0n) is 18.4. The van der Waals surface area contributed by atoms with Crippen molar-refractivity contribution in [2.45, 2.75) is 25.3 Å². The number of esters is 1. The maximum atomic E-state index is 14.0. The molecule has 1 amide bonds. The Morgan fingerprint density at radius 2 is 1.82 bits per heavy atom. The van der Waals surface area contributed by atoms with Crippen LogP contribution in [0.2, 0.25) is 0 Å². The Hall–Kier alpha value is -3.49. The minimum absolute atomic E-state index is 0.174. The Kier molecular flexibility index (Phi) is 7.63. The summed E-state index contributed by atoms with van der Waals surface area (Å²) in [6.07, 6.45) is 3.72. The van der Waals surface area contributed by atoms with Gasteiger partial charge in [0.15, 0.2) is 17.5 Å². The number of carbonyl (C=O) groups excluding carboxylic acids is 2. The summed E-state index contributed by atoms with van der Waals surface area (Å²) in [6, 6.07) is 6.08. The second-order valence-electron chi connectivity index (χ2n) is 7.42. The molecule has 0 aliphatic heterocycles. The van der Waals surface area contributed by atoms with Gasteiger partial charge in [-0.3, -0.25) is 9.59 Å². The van der Waals surface area contributed by atoms with E-state index in [0.29, 0.717) is 29.5 Å². The van der Waals surface area contributed by atoms with E-state index in [4.69, 9.17) is 14.2 Å². The van der Waals surface area contributed by atoms with Crippen molar-refractivity contribution in [2.24, 2.45) is 5.92 Å². The van der Waals surface area contributed by atoms with Crippen molar-refractivity contribution in [3.8, 4) is 11.5 Å². The lowest BCUT2D eigenvalue weighted by Gasteiger charge is -2.24. The van der Waals surface area contributed by atoms with E-state index in [1.807, 2.05) is 0 Å². The van der Waals surface area contributed by atoms with Crippen molar-refractivity contribution in [3.63, 3.8) is 0 Å². The summed E-state index contributed by atoms with van der Waals surface area (Å²) in [5, 5.41) is 2.58. The average molecular weight is 463 g/mol. The molecule has 0 spiro atoms. The molecule has 0 aromatic heterocycles. The first kappa shape index (κ1) is 24.2. The quantitative estimate of drug-likeness (QED) is 0.362. The van der Waals surface area contributed by atoms with E-state index in [9.17, 15) is 22.8 Å². The number of halogens is 3. The number of hydrogen-bond acceptors (Lipinski definition) is 5. The molecular weight excluding hydrogens is 439 g/mol. The highest BCUT2D eigenvalue weighted by atomic mass is 19.2. The van der Waals surface area contributed by atoms with Crippen molar-refractivity contribution in [3.05, 3.63) is 71.1 Å². The molecule has 0 saturated carbocycles. The highest BCUT2D eigenvalue weighted by Gasteiger charge is 2.36. The summed E-state index contributed by atoms with van der Waals surface area (Å²) in [7, 11) is 2.99. The number of amides is 1. The van der Waals surface area contributed by atoms with Gasteiger partial charge in [-0.15, -0.1) is 0 Å². The van der Waals surface area contributed by atoms with Gasteiger partial charge >= 0.3 is 5.97 Å². The van der Waals surface area contributed by atoms with Crippen LogP contribution in [0.15, 0.2) is 42.5 Å². The van der Waals surface area contributed by atoms with Gasteiger partial charge in [0.05, 0.1) is 32.3 Å². The largest absolute Gasteiger partial charge is 0.497 e. The van der Waals surface area contributed by atoms with Crippen LogP contribution in [-0.2, 0) is 9.53 Å². The number of rotatable bonds is 8. The number of hydrogen-bond donors (Lipinski definition) is 1. The van der Waals surface area contributed by atoms with Gasteiger partial charge in [-0.05, 0) is 49.6 Å². The number of carbonyl (C=O) groups is 2. The fraction of sp³-hybridized carbons (Fsp3) is 0.333. The van der Waals surface area contributed by atoms with Gasteiger partial charge in [-0.1, -0.05) is 12.2 Å². The standard InChI is InChI=1S/C24H24F3NO5/c1-4-33-24(30)20(17-12-15(31-2)7-10-19(17)32-3)13-5-6-14(11-13)28-23(29)16-8-9-18(25)22(27)21(16)26/h5-10,12-14,20H,4,11H2,1-3H3,(H,28,29)/t13-,14+,20-/m0/s1. The molecule has 2 aromatic carbocycles. The molecule has 9 heteroatoms. The lowest BCUT2D eigenvalue weighted by Crippen LogP contribution is -2.34. The summed E-state index contributed by atoms with van der Waals surface area (Å²) in [5.74, 6) is -6.16. The van der Waals surface area contributed by atoms with Crippen LogP contribution in [0.25, 0.3) is 0 Å². The number of benzene rings is 2. The van der Waals surface area contributed by atoms with E-state index < -0.39 is 46.9 Å². The Morgan fingerprint density at radius 1 is 1.06 bits per heavy atom. The number of methoxy groups -OCH3 is 2. The molecule has 6 nitrogen and oxygen atoms in total. The van der Waals surface area contributed by atoms with Crippen LogP contribution < -0.4 is 14.8 Å². The third-order valence-corrected chi connectivity index (χ3v) is 5.45. The molecule has 0 fully saturated rings. The number of nitrogens with one attached hydrogen (secondary N) is 1. The highest BCUT2D eigenvalue weighted by molar-refractivity contribution is 5.94. The molecule has 2 aromatic rings. The first-order chi connectivity index (χ1) is 15.8. The van der Waals surface area contributed by atoms with Crippen LogP contribution in [0, 0.1) is 23.4 Å². The summed E-state index contributed by atoms with van der Waals surface area (Å²) in [5.41, 5.74) is -0.0502. The van der Waals surface area contributed by atoms with Gasteiger partial charge in [0.25, 0.3) is 5.91 Å².